The lowest BCUT2D eigenvalue weighted by Gasteiger charge is -2.24. The first kappa shape index (κ1) is 13.3. The van der Waals surface area contributed by atoms with Crippen molar-refractivity contribution in [2.24, 2.45) is 5.73 Å². The average molecular weight is 248 g/mol. The number of aromatic nitrogens is 1. The summed E-state index contributed by atoms with van der Waals surface area (Å²) >= 11 is 0. The van der Waals surface area contributed by atoms with Gasteiger partial charge in [0, 0.05) is 37.7 Å². The van der Waals surface area contributed by atoms with E-state index in [0.29, 0.717) is 0 Å². The molecule has 0 saturated carbocycles. The maximum atomic E-state index is 5.58. The van der Waals surface area contributed by atoms with E-state index in [1.54, 1.807) is 0 Å². The van der Waals surface area contributed by atoms with E-state index in [-0.39, 0.29) is 0 Å². The van der Waals surface area contributed by atoms with Gasteiger partial charge in [0.25, 0.3) is 0 Å². The van der Waals surface area contributed by atoms with E-state index in [2.05, 4.69) is 27.8 Å². The molecular formula is C14H24N4. The molecule has 2 rings (SSSR count). The number of hydrogen-bond acceptors (Lipinski definition) is 4. The predicted octanol–water partition coefficient (Wildman–Crippen LogP) is 1.25. The van der Waals surface area contributed by atoms with Crippen LogP contribution < -0.4 is 10.6 Å². The summed E-state index contributed by atoms with van der Waals surface area (Å²) in [6, 6.07) is 2.13. The van der Waals surface area contributed by atoms with Gasteiger partial charge in [-0.05, 0) is 51.0 Å². The fraction of sp³-hybridized carbons (Fsp3) is 0.643. The highest BCUT2D eigenvalue weighted by atomic mass is 15.2. The molecule has 100 valence electrons. The van der Waals surface area contributed by atoms with Crippen LogP contribution in [-0.2, 0) is 0 Å². The van der Waals surface area contributed by atoms with E-state index in [9.17, 15) is 0 Å². The molecule has 0 atom stereocenters. The first-order chi connectivity index (χ1) is 8.81. The Labute approximate surface area is 110 Å². The Kier molecular flexibility index (Phi) is 4.96. The molecule has 1 aromatic heterocycles. The number of pyridine rings is 1. The lowest BCUT2D eigenvalue weighted by atomic mass is 10.2. The summed E-state index contributed by atoms with van der Waals surface area (Å²) in [5.74, 6) is 0. The summed E-state index contributed by atoms with van der Waals surface area (Å²) in [6.45, 7) is 8.66. The lowest BCUT2D eigenvalue weighted by Crippen LogP contribution is -2.32. The minimum atomic E-state index is 0.795. The van der Waals surface area contributed by atoms with E-state index in [1.807, 2.05) is 12.4 Å². The summed E-state index contributed by atoms with van der Waals surface area (Å²) in [4.78, 5) is 9.18. The molecule has 0 unspecified atom stereocenters. The number of hydrogen-bond donors (Lipinski definition) is 1. The van der Waals surface area contributed by atoms with Gasteiger partial charge in [-0.15, -0.1) is 0 Å². The van der Waals surface area contributed by atoms with Crippen LogP contribution in [0.15, 0.2) is 18.5 Å². The third kappa shape index (κ3) is 3.43. The summed E-state index contributed by atoms with van der Waals surface area (Å²) in [5.41, 5.74) is 8.19. The second kappa shape index (κ2) is 6.71. The second-order valence-corrected chi connectivity index (χ2v) is 4.99. The number of anilines is 1. The Hall–Kier alpha value is -1.13. The Morgan fingerprint density at radius 1 is 1.28 bits per heavy atom. The average Bonchev–Trinajstić information content (AvgIpc) is 2.62. The normalized spacial score (nSPS) is 17.8. The van der Waals surface area contributed by atoms with Crippen LogP contribution in [0, 0.1) is 6.92 Å². The van der Waals surface area contributed by atoms with Crippen LogP contribution in [0.5, 0.6) is 0 Å². The highest BCUT2D eigenvalue weighted by Crippen LogP contribution is 2.19. The minimum Gasteiger partial charge on any atom is -0.370 e. The number of nitrogens with zero attached hydrogens (tertiary/aromatic N) is 3. The van der Waals surface area contributed by atoms with Crippen LogP contribution in [0.4, 0.5) is 5.69 Å². The predicted molar refractivity (Wildman–Crippen MR) is 75.9 cm³/mol. The number of rotatable bonds is 4. The lowest BCUT2D eigenvalue weighted by molar-refractivity contribution is 0.291. The maximum Gasteiger partial charge on any atom is 0.0427 e. The first-order valence-corrected chi connectivity index (χ1v) is 6.89. The largest absolute Gasteiger partial charge is 0.370 e. The van der Waals surface area contributed by atoms with Gasteiger partial charge in [-0.2, -0.15) is 0 Å². The van der Waals surface area contributed by atoms with Gasteiger partial charge >= 0.3 is 0 Å². The minimum absolute atomic E-state index is 0.795. The molecule has 2 N–H and O–H groups in total. The molecule has 1 aliphatic rings. The van der Waals surface area contributed by atoms with Gasteiger partial charge in [-0.3, -0.25) is 4.98 Å². The van der Waals surface area contributed by atoms with Gasteiger partial charge in [0.2, 0.25) is 0 Å². The van der Waals surface area contributed by atoms with Crippen molar-refractivity contribution in [3.05, 3.63) is 24.0 Å². The maximum absolute atomic E-state index is 5.58. The molecule has 1 aliphatic heterocycles. The van der Waals surface area contributed by atoms with Crippen molar-refractivity contribution in [3.63, 3.8) is 0 Å². The topological polar surface area (TPSA) is 45.4 Å². The Bertz CT molecular complexity index is 367. The fourth-order valence-corrected chi connectivity index (χ4v) is 2.57. The quantitative estimate of drug-likeness (QED) is 0.871. The molecule has 4 heteroatoms. The Morgan fingerprint density at radius 2 is 2.17 bits per heavy atom. The van der Waals surface area contributed by atoms with Crippen molar-refractivity contribution < 1.29 is 0 Å². The highest BCUT2D eigenvalue weighted by Gasteiger charge is 2.15. The van der Waals surface area contributed by atoms with Gasteiger partial charge in [0.05, 0.1) is 0 Å². The van der Waals surface area contributed by atoms with Crippen molar-refractivity contribution in [1.29, 1.82) is 0 Å². The molecule has 0 amide bonds. The van der Waals surface area contributed by atoms with Crippen LogP contribution in [0.25, 0.3) is 0 Å². The van der Waals surface area contributed by atoms with E-state index in [4.69, 9.17) is 5.73 Å². The van der Waals surface area contributed by atoms with Crippen LogP contribution >= 0.6 is 0 Å². The molecule has 0 radical (unpaired) electrons. The van der Waals surface area contributed by atoms with Crippen LogP contribution in [0.1, 0.15) is 18.4 Å². The van der Waals surface area contributed by atoms with Crippen LogP contribution in [0.3, 0.4) is 0 Å². The summed E-state index contributed by atoms with van der Waals surface area (Å²) in [6.07, 6.45) is 6.17. The fourth-order valence-electron chi connectivity index (χ4n) is 2.57. The Balaban J connectivity index is 1.95. The van der Waals surface area contributed by atoms with Crippen molar-refractivity contribution >= 4 is 5.69 Å². The van der Waals surface area contributed by atoms with E-state index in [0.717, 1.165) is 39.1 Å². The molecule has 1 saturated heterocycles. The molecule has 18 heavy (non-hydrogen) atoms. The zero-order valence-electron chi connectivity index (χ0n) is 11.3. The number of nitrogens with two attached hydrogens (primary N) is 1. The van der Waals surface area contributed by atoms with E-state index in [1.165, 1.54) is 24.2 Å². The molecular weight excluding hydrogens is 224 g/mol. The van der Waals surface area contributed by atoms with Gasteiger partial charge in [-0.25, -0.2) is 0 Å². The summed E-state index contributed by atoms with van der Waals surface area (Å²) in [5, 5.41) is 0. The van der Waals surface area contributed by atoms with Gasteiger partial charge in [0.1, 0.15) is 0 Å². The zero-order chi connectivity index (χ0) is 12.8. The van der Waals surface area contributed by atoms with E-state index >= 15 is 0 Å². The third-order valence-electron chi connectivity index (χ3n) is 3.60. The molecule has 0 aromatic carbocycles. The molecule has 4 nitrogen and oxygen atoms in total. The van der Waals surface area contributed by atoms with Gasteiger partial charge in [0.15, 0.2) is 0 Å². The first-order valence-electron chi connectivity index (χ1n) is 6.89. The third-order valence-corrected chi connectivity index (χ3v) is 3.60. The van der Waals surface area contributed by atoms with Crippen molar-refractivity contribution in [1.82, 2.24) is 9.88 Å². The van der Waals surface area contributed by atoms with Gasteiger partial charge in [-0.1, -0.05) is 0 Å². The van der Waals surface area contributed by atoms with Crippen molar-refractivity contribution in [3.8, 4) is 0 Å². The molecule has 2 heterocycles. The smallest absolute Gasteiger partial charge is 0.0427 e. The van der Waals surface area contributed by atoms with Crippen LogP contribution in [0.2, 0.25) is 0 Å². The highest BCUT2D eigenvalue weighted by molar-refractivity contribution is 5.51. The van der Waals surface area contributed by atoms with Gasteiger partial charge < -0.3 is 15.5 Å². The molecule has 0 bridgehead atoms. The molecule has 0 aliphatic carbocycles. The summed E-state index contributed by atoms with van der Waals surface area (Å²) < 4.78 is 0. The molecule has 0 spiro atoms. The number of aryl methyl sites for hydroxylation is 1. The monoisotopic (exact) mass is 248 g/mol. The summed E-state index contributed by atoms with van der Waals surface area (Å²) in [7, 11) is 0. The molecule has 1 aromatic rings. The second-order valence-electron chi connectivity index (χ2n) is 4.99. The van der Waals surface area contributed by atoms with Crippen molar-refractivity contribution in [2.45, 2.75) is 19.8 Å². The Morgan fingerprint density at radius 3 is 2.94 bits per heavy atom. The SMILES string of the molecule is Cc1cnccc1N1CCCN(CCCN)CC1. The van der Waals surface area contributed by atoms with Crippen molar-refractivity contribution in [2.75, 3.05) is 44.2 Å². The zero-order valence-corrected chi connectivity index (χ0v) is 11.3. The van der Waals surface area contributed by atoms with E-state index < -0.39 is 0 Å². The van der Waals surface area contributed by atoms with Crippen LogP contribution in [-0.4, -0.2) is 49.2 Å². The standard InChI is InChI=1S/C14H24N4/c1-13-12-16-6-4-14(13)18-9-3-8-17(10-11-18)7-2-5-15/h4,6,12H,2-3,5,7-11,15H2,1H3. The molecule has 1 fully saturated rings.